The minimum absolute atomic E-state index is 0.00194. The molecule has 1 aromatic heterocycles. The molecular weight excluding hydrogens is 253 g/mol. The third-order valence-corrected chi connectivity index (χ3v) is 4.72. The molecule has 3 rings (SSSR count). The third-order valence-electron chi connectivity index (χ3n) is 4.72. The van der Waals surface area contributed by atoms with Crippen molar-refractivity contribution in [3.05, 3.63) is 28.2 Å². The average Bonchev–Trinajstić information content (AvgIpc) is 3.07. The maximum Gasteiger partial charge on any atom is 0.500 e. The molecule has 0 aromatic carbocycles. The first-order chi connectivity index (χ1) is 9.28. The zero-order chi connectivity index (χ0) is 14.5. The number of rotatable bonds is 3. The summed E-state index contributed by atoms with van der Waals surface area (Å²) in [4.78, 5) is 15.5. The van der Waals surface area contributed by atoms with Crippen LogP contribution < -0.4 is 10.9 Å². The van der Waals surface area contributed by atoms with Crippen LogP contribution in [-0.4, -0.2) is 23.3 Å². The monoisotopic (exact) mass is 275 g/mol. The second kappa shape index (κ2) is 4.47. The number of hydrogen-bond donors (Lipinski definition) is 1. The molecule has 2 fully saturated rings. The number of nitrogens with one attached hydrogen (secondary N) is 1. The first-order valence-electron chi connectivity index (χ1n) is 7.36. The summed E-state index contributed by atoms with van der Waals surface area (Å²) in [7, 11) is -0.585. The van der Waals surface area contributed by atoms with Crippen LogP contribution in [0.15, 0.2) is 17.1 Å². The lowest BCUT2D eigenvalue weighted by molar-refractivity contribution is 0.00578. The van der Waals surface area contributed by atoms with E-state index in [-0.39, 0.29) is 5.43 Å². The van der Waals surface area contributed by atoms with Crippen molar-refractivity contribution in [1.82, 2.24) is 4.98 Å². The Bertz CT molecular complexity index is 559. The van der Waals surface area contributed by atoms with Gasteiger partial charge in [-0.15, -0.1) is 0 Å². The summed E-state index contributed by atoms with van der Waals surface area (Å²) < 4.78 is 11.8. The van der Waals surface area contributed by atoms with Gasteiger partial charge in [0, 0.05) is 23.4 Å². The molecule has 1 aliphatic carbocycles. The quantitative estimate of drug-likeness (QED) is 0.853. The molecule has 1 aromatic rings. The van der Waals surface area contributed by atoms with Crippen molar-refractivity contribution in [3.8, 4) is 0 Å². The van der Waals surface area contributed by atoms with Crippen LogP contribution >= 0.6 is 0 Å². The van der Waals surface area contributed by atoms with Gasteiger partial charge < -0.3 is 14.3 Å². The molecular formula is C15H22BNO3. The van der Waals surface area contributed by atoms with E-state index in [1.54, 1.807) is 12.3 Å². The maximum absolute atomic E-state index is 12.3. The van der Waals surface area contributed by atoms with Crippen LogP contribution in [0.3, 0.4) is 0 Å². The summed E-state index contributed by atoms with van der Waals surface area (Å²) in [5.41, 5.74) is 0.729. The molecule has 4 nitrogen and oxygen atoms in total. The van der Waals surface area contributed by atoms with E-state index < -0.39 is 18.3 Å². The molecule has 0 bridgehead atoms. The first kappa shape index (κ1) is 13.9. The lowest BCUT2D eigenvalue weighted by Gasteiger charge is -2.32. The molecule has 1 saturated heterocycles. The normalized spacial score (nSPS) is 24.1. The van der Waals surface area contributed by atoms with E-state index >= 15 is 0 Å². The van der Waals surface area contributed by atoms with Gasteiger partial charge >= 0.3 is 7.12 Å². The summed E-state index contributed by atoms with van der Waals surface area (Å²) in [6.07, 6.45) is 5.28. The summed E-state index contributed by atoms with van der Waals surface area (Å²) in [5, 5.41) is 0. The van der Waals surface area contributed by atoms with E-state index in [4.69, 9.17) is 9.31 Å². The molecule has 1 saturated carbocycles. The largest absolute Gasteiger partial charge is 0.500 e. The van der Waals surface area contributed by atoms with Crippen molar-refractivity contribution in [1.29, 1.82) is 0 Å². The molecule has 0 radical (unpaired) electrons. The number of hydrogen-bond acceptors (Lipinski definition) is 3. The zero-order valence-corrected chi connectivity index (χ0v) is 12.7. The fraction of sp³-hybridized carbons (Fsp3) is 0.667. The molecule has 108 valence electrons. The third kappa shape index (κ3) is 2.45. The highest BCUT2D eigenvalue weighted by Gasteiger charge is 2.52. The van der Waals surface area contributed by atoms with Gasteiger partial charge in [-0.25, -0.2) is 0 Å². The van der Waals surface area contributed by atoms with Crippen LogP contribution in [0.2, 0.25) is 0 Å². The highest BCUT2D eigenvalue weighted by atomic mass is 16.7. The molecule has 2 heterocycles. The van der Waals surface area contributed by atoms with Gasteiger partial charge in [0.25, 0.3) is 0 Å². The Labute approximate surface area is 120 Å². The van der Waals surface area contributed by atoms with Crippen LogP contribution in [0, 0.1) is 5.92 Å². The fourth-order valence-electron chi connectivity index (χ4n) is 2.43. The Morgan fingerprint density at radius 1 is 1.25 bits per heavy atom. The van der Waals surface area contributed by atoms with E-state index in [2.05, 4.69) is 4.98 Å². The Morgan fingerprint density at radius 2 is 1.85 bits per heavy atom. The lowest BCUT2D eigenvalue weighted by atomic mass is 9.80. The van der Waals surface area contributed by atoms with Crippen molar-refractivity contribution in [2.24, 2.45) is 5.92 Å². The summed E-state index contributed by atoms with van der Waals surface area (Å²) in [6, 6.07) is 1.69. The summed E-state index contributed by atoms with van der Waals surface area (Å²) >= 11 is 0. The molecule has 0 unspecified atom stereocenters. The van der Waals surface area contributed by atoms with Crippen molar-refractivity contribution in [2.75, 3.05) is 0 Å². The van der Waals surface area contributed by atoms with Crippen molar-refractivity contribution in [2.45, 2.75) is 58.2 Å². The molecule has 2 aliphatic rings. The van der Waals surface area contributed by atoms with Gasteiger partial charge in [-0.2, -0.15) is 0 Å². The molecule has 0 spiro atoms. The van der Waals surface area contributed by atoms with Gasteiger partial charge in [-0.3, -0.25) is 4.79 Å². The molecule has 20 heavy (non-hydrogen) atoms. The predicted octanol–water partition coefficient (Wildman–Crippen LogP) is 1.63. The molecule has 0 amide bonds. The van der Waals surface area contributed by atoms with Gasteiger partial charge in [-0.05, 0) is 52.9 Å². The Kier molecular flexibility index (Phi) is 3.10. The van der Waals surface area contributed by atoms with Crippen molar-refractivity contribution < 1.29 is 9.31 Å². The van der Waals surface area contributed by atoms with Crippen LogP contribution in [0.25, 0.3) is 0 Å². The number of aromatic amines is 1. The second-order valence-corrected chi connectivity index (χ2v) is 7.01. The minimum atomic E-state index is -0.585. The number of aromatic nitrogens is 1. The SMILES string of the molecule is CC1(C)OB(c2c[nH]c(CC3CC3)cc2=O)OC1(C)C. The van der Waals surface area contributed by atoms with E-state index in [1.807, 2.05) is 27.7 Å². The highest BCUT2D eigenvalue weighted by Crippen LogP contribution is 2.36. The summed E-state index contributed by atoms with van der Waals surface area (Å²) in [6.45, 7) is 7.95. The van der Waals surface area contributed by atoms with E-state index in [1.165, 1.54) is 12.8 Å². The minimum Gasteiger partial charge on any atom is -0.399 e. The van der Waals surface area contributed by atoms with Gasteiger partial charge in [-0.1, -0.05) is 0 Å². The topological polar surface area (TPSA) is 51.3 Å². The Morgan fingerprint density at radius 3 is 2.35 bits per heavy atom. The standard InChI is InChI=1S/C15H22BNO3/c1-14(2)15(3,4)20-16(19-14)12-9-17-11(8-13(12)18)7-10-5-6-10/h8-10H,5-7H2,1-4H3,(H,17,18). The van der Waals surface area contributed by atoms with Gasteiger partial charge in [0.2, 0.25) is 0 Å². The van der Waals surface area contributed by atoms with E-state index in [0.29, 0.717) is 5.46 Å². The predicted molar refractivity (Wildman–Crippen MR) is 79.2 cm³/mol. The second-order valence-electron chi connectivity index (χ2n) is 7.01. The highest BCUT2D eigenvalue weighted by molar-refractivity contribution is 6.61. The van der Waals surface area contributed by atoms with E-state index in [9.17, 15) is 4.79 Å². The number of H-pyrrole nitrogens is 1. The lowest BCUT2D eigenvalue weighted by Crippen LogP contribution is -2.43. The summed E-state index contributed by atoms with van der Waals surface area (Å²) in [5.74, 6) is 0.758. The smallest absolute Gasteiger partial charge is 0.399 e. The van der Waals surface area contributed by atoms with Crippen LogP contribution in [0.4, 0.5) is 0 Å². The Hall–Kier alpha value is -1.07. The molecule has 0 atom stereocenters. The van der Waals surface area contributed by atoms with Crippen molar-refractivity contribution >= 4 is 12.6 Å². The van der Waals surface area contributed by atoms with E-state index in [0.717, 1.165) is 18.0 Å². The maximum atomic E-state index is 12.3. The average molecular weight is 275 g/mol. The van der Waals surface area contributed by atoms with Crippen LogP contribution in [0.5, 0.6) is 0 Å². The molecule has 1 aliphatic heterocycles. The first-order valence-corrected chi connectivity index (χ1v) is 7.36. The van der Waals surface area contributed by atoms with Crippen LogP contribution in [0.1, 0.15) is 46.2 Å². The fourth-order valence-corrected chi connectivity index (χ4v) is 2.43. The van der Waals surface area contributed by atoms with Gasteiger partial charge in [0.05, 0.1) is 11.2 Å². The number of pyridine rings is 1. The van der Waals surface area contributed by atoms with Crippen LogP contribution in [-0.2, 0) is 15.7 Å². The zero-order valence-electron chi connectivity index (χ0n) is 12.7. The molecule has 1 N–H and O–H groups in total. The molecule has 5 heteroatoms. The van der Waals surface area contributed by atoms with Gasteiger partial charge in [0.1, 0.15) is 0 Å². The Balaban J connectivity index is 1.82. The van der Waals surface area contributed by atoms with Crippen molar-refractivity contribution in [3.63, 3.8) is 0 Å². The van der Waals surface area contributed by atoms with Gasteiger partial charge in [0.15, 0.2) is 5.43 Å².